The second-order valence-corrected chi connectivity index (χ2v) is 6.06. The molecule has 1 aliphatic heterocycles. The van der Waals surface area contributed by atoms with Gasteiger partial charge in [-0.1, -0.05) is 19.8 Å². The first-order valence-electron chi connectivity index (χ1n) is 6.37. The van der Waals surface area contributed by atoms with Gasteiger partial charge in [0.25, 0.3) is 0 Å². The van der Waals surface area contributed by atoms with Gasteiger partial charge in [0, 0.05) is 23.9 Å². The summed E-state index contributed by atoms with van der Waals surface area (Å²) < 4.78 is 0. The molecule has 3 heteroatoms. The number of nitrogens with two attached hydrogens (primary N) is 1. The largest absolute Gasteiger partial charge is 0.329 e. The predicted molar refractivity (Wildman–Crippen MR) is 68.4 cm³/mol. The Morgan fingerprint density at radius 3 is 2.60 bits per heavy atom. The van der Waals surface area contributed by atoms with E-state index in [1.165, 1.54) is 50.2 Å². The topological polar surface area (TPSA) is 29.3 Å². The van der Waals surface area contributed by atoms with E-state index in [4.69, 9.17) is 5.73 Å². The molecule has 0 radical (unpaired) electrons. The molecule has 1 heterocycles. The first-order chi connectivity index (χ1) is 7.32. The fourth-order valence-electron chi connectivity index (χ4n) is 3.30. The SMILES string of the molecule is CCN(C1CCCC1)C1(CN)CCSC1. The zero-order valence-electron chi connectivity index (χ0n) is 9.87. The normalized spacial score (nSPS) is 33.0. The van der Waals surface area contributed by atoms with E-state index in [0.717, 1.165) is 12.6 Å². The average molecular weight is 228 g/mol. The first-order valence-corrected chi connectivity index (χ1v) is 7.52. The molecule has 2 rings (SSSR count). The number of rotatable bonds is 4. The number of thioether (sulfide) groups is 1. The molecule has 1 saturated heterocycles. The van der Waals surface area contributed by atoms with Crippen LogP contribution in [0.1, 0.15) is 39.0 Å². The van der Waals surface area contributed by atoms with Crippen LogP contribution >= 0.6 is 11.8 Å². The molecular formula is C12H24N2S. The second kappa shape index (κ2) is 5.07. The third-order valence-electron chi connectivity index (χ3n) is 4.18. The van der Waals surface area contributed by atoms with Gasteiger partial charge in [-0.15, -0.1) is 0 Å². The average Bonchev–Trinajstić information content (AvgIpc) is 2.90. The van der Waals surface area contributed by atoms with Crippen LogP contribution in [0.15, 0.2) is 0 Å². The Morgan fingerprint density at radius 1 is 1.40 bits per heavy atom. The molecule has 0 aromatic rings. The predicted octanol–water partition coefficient (Wildman–Crippen LogP) is 2.09. The van der Waals surface area contributed by atoms with Gasteiger partial charge in [0.05, 0.1) is 0 Å². The van der Waals surface area contributed by atoms with Gasteiger partial charge in [0.15, 0.2) is 0 Å². The Balaban J connectivity index is 2.08. The molecule has 1 aliphatic carbocycles. The Bertz CT molecular complexity index is 196. The molecule has 0 bridgehead atoms. The number of nitrogens with zero attached hydrogens (tertiary/aromatic N) is 1. The summed E-state index contributed by atoms with van der Waals surface area (Å²) in [6.45, 7) is 4.34. The van der Waals surface area contributed by atoms with Crippen LogP contribution in [0, 0.1) is 0 Å². The van der Waals surface area contributed by atoms with Crippen molar-refractivity contribution in [1.82, 2.24) is 4.90 Å². The van der Waals surface area contributed by atoms with E-state index in [0.29, 0.717) is 5.54 Å². The zero-order valence-corrected chi connectivity index (χ0v) is 10.7. The van der Waals surface area contributed by atoms with Gasteiger partial charge in [0.2, 0.25) is 0 Å². The molecule has 0 aromatic carbocycles. The van der Waals surface area contributed by atoms with Gasteiger partial charge in [-0.3, -0.25) is 4.90 Å². The fraction of sp³-hybridized carbons (Fsp3) is 1.00. The van der Waals surface area contributed by atoms with Crippen LogP contribution in [0.5, 0.6) is 0 Å². The van der Waals surface area contributed by atoms with Crippen LogP contribution < -0.4 is 5.73 Å². The molecular weight excluding hydrogens is 204 g/mol. The summed E-state index contributed by atoms with van der Waals surface area (Å²) >= 11 is 2.09. The van der Waals surface area contributed by atoms with Crippen LogP contribution in [0.4, 0.5) is 0 Å². The molecule has 2 nitrogen and oxygen atoms in total. The lowest BCUT2D eigenvalue weighted by molar-refractivity contribution is 0.0745. The molecule has 2 N–H and O–H groups in total. The molecule has 15 heavy (non-hydrogen) atoms. The highest BCUT2D eigenvalue weighted by Gasteiger charge is 2.41. The Labute approximate surface area is 98.0 Å². The van der Waals surface area contributed by atoms with E-state index in [1.807, 2.05) is 0 Å². The molecule has 0 aromatic heterocycles. The summed E-state index contributed by atoms with van der Waals surface area (Å²) in [5.41, 5.74) is 6.40. The van der Waals surface area contributed by atoms with Crippen LogP contribution in [0.25, 0.3) is 0 Å². The molecule has 1 saturated carbocycles. The summed E-state index contributed by atoms with van der Waals surface area (Å²) in [6, 6.07) is 0.831. The summed E-state index contributed by atoms with van der Waals surface area (Å²) in [6.07, 6.45) is 6.96. The minimum Gasteiger partial charge on any atom is -0.329 e. The maximum absolute atomic E-state index is 6.06. The number of hydrogen-bond donors (Lipinski definition) is 1. The van der Waals surface area contributed by atoms with Crippen LogP contribution in [0.3, 0.4) is 0 Å². The Kier molecular flexibility index (Phi) is 3.97. The standard InChI is InChI=1S/C12H24N2S/c1-2-14(11-5-3-4-6-11)12(9-13)7-8-15-10-12/h11H,2-10,13H2,1H3. The van der Waals surface area contributed by atoms with Crippen molar-refractivity contribution in [2.24, 2.45) is 5.73 Å². The van der Waals surface area contributed by atoms with Crippen LogP contribution in [-0.4, -0.2) is 41.1 Å². The smallest absolute Gasteiger partial charge is 0.0432 e. The van der Waals surface area contributed by atoms with E-state index in [-0.39, 0.29) is 0 Å². The Morgan fingerprint density at radius 2 is 2.13 bits per heavy atom. The highest BCUT2D eigenvalue weighted by atomic mass is 32.2. The maximum atomic E-state index is 6.06. The molecule has 1 unspecified atom stereocenters. The van der Waals surface area contributed by atoms with E-state index >= 15 is 0 Å². The van der Waals surface area contributed by atoms with Crippen molar-refractivity contribution in [2.45, 2.75) is 50.6 Å². The van der Waals surface area contributed by atoms with Gasteiger partial charge < -0.3 is 5.73 Å². The third kappa shape index (κ3) is 2.20. The van der Waals surface area contributed by atoms with Crippen molar-refractivity contribution >= 4 is 11.8 Å². The van der Waals surface area contributed by atoms with Crippen molar-refractivity contribution < 1.29 is 0 Å². The minimum atomic E-state index is 0.342. The zero-order chi connectivity index (χ0) is 10.7. The highest BCUT2D eigenvalue weighted by molar-refractivity contribution is 7.99. The highest BCUT2D eigenvalue weighted by Crippen LogP contribution is 2.37. The van der Waals surface area contributed by atoms with E-state index in [9.17, 15) is 0 Å². The molecule has 2 aliphatic rings. The van der Waals surface area contributed by atoms with E-state index in [1.54, 1.807) is 0 Å². The van der Waals surface area contributed by atoms with Crippen molar-refractivity contribution in [1.29, 1.82) is 0 Å². The Hall–Kier alpha value is 0.270. The van der Waals surface area contributed by atoms with Crippen LogP contribution in [-0.2, 0) is 0 Å². The number of likely N-dealkylation sites (N-methyl/N-ethyl adjacent to an activating group) is 1. The quantitative estimate of drug-likeness (QED) is 0.799. The first kappa shape index (κ1) is 11.7. The van der Waals surface area contributed by atoms with Gasteiger partial charge >= 0.3 is 0 Å². The minimum absolute atomic E-state index is 0.342. The van der Waals surface area contributed by atoms with Crippen LogP contribution in [0.2, 0.25) is 0 Å². The lowest BCUT2D eigenvalue weighted by Crippen LogP contribution is -2.57. The monoisotopic (exact) mass is 228 g/mol. The van der Waals surface area contributed by atoms with Crippen molar-refractivity contribution in [3.8, 4) is 0 Å². The van der Waals surface area contributed by atoms with Crippen molar-refractivity contribution in [2.75, 3.05) is 24.6 Å². The van der Waals surface area contributed by atoms with E-state index in [2.05, 4.69) is 23.6 Å². The number of hydrogen-bond acceptors (Lipinski definition) is 3. The molecule has 1 atom stereocenters. The lowest BCUT2D eigenvalue weighted by Gasteiger charge is -2.43. The van der Waals surface area contributed by atoms with E-state index < -0.39 is 0 Å². The summed E-state index contributed by atoms with van der Waals surface area (Å²) in [4.78, 5) is 2.74. The molecule has 88 valence electrons. The van der Waals surface area contributed by atoms with Crippen molar-refractivity contribution in [3.05, 3.63) is 0 Å². The van der Waals surface area contributed by atoms with Crippen molar-refractivity contribution in [3.63, 3.8) is 0 Å². The fourth-order valence-corrected chi connectivity index (χ4v) is 4.77. The molecule has 2 fully saturated rings. The summed E-state index contributed by atoms with van der Waals surface area (Å²) in [7, 11) is 0. The third-order valence-corrected chi connectivity index (χ3v) is 5.41. The molecule has 0 amide bonds. The van der Waals surface area contributed by atoms with Gasteiger partial charge in [-0.2, -0.15) is 11.8 Å². The van der Waals surface area contributed by atoms with Gasteiger partial charge in [-0.25, -0.2) is 0 Å². The molecule has 0 spiro atoms. The summed E-state index contributed by atoms with van der Waals surface area (Å²) in [5, 5.41) is 0. The summed E-state index contributed by atoms with van der Waals surface area (Å²) in [5.74, 6) is 2.56. The maximum Gasteiger partial charge on any atom is 0.0432 e. The second-order valence-electron chi connectivity index (χ2n) is 4.96. The van der Waals surface area contributed by atoms with Gasteiger partial charge in [-0.05, 0) is 31.6 Å². The van der Waals surface area contributed by atoms with Gasteiger partial charge in [0.1, 0.15) is 0 Å². The lowest BCUT2D eigenvalue weighted by atomic mass is 9.94.